The SMILES string of the molecule is OCC1CCCCCN1CC1CCOCC1. The zero-order valence-corrected chi connectivity index (χ0v) is 10.2. The second-order valence-electron chi connectivity index (χ2n) is 5.24. The molecule has 0 aromatic rings. The van der Waals surface area contributed by atoms with Crippen molar-refractivity contribution in [2.75, 3.05) is 32.9 Å². The summed E-state index contributed by atoms with van der Waals surface area (Å²) in [4.78, 5) is 2.53. The van der Waals surface area contributed by atoms with Crippen LogP contribution in [0.15, 0.2) is 0 Å². The lowest BCUT2D eigenvalue weighted by Crippen LogP contribution is -2.41. The van der Waals surface area contributed by atoms with Gasteiger partial charge in [0, 0.05) is 25.8 Å². The first-order valence-electron chi connectivity index (χ1n) is 6.83. The number of hydrogen-bond donors (Lipinski definition) is 1. The largest absolute Gasteiger partial charge is 0.395 e. The van der Waals surface area contributed by atoms with Gasteiger partial charge in [-0.15, -0.1) is 0 Å². The average Bonchev–Trinajstić information content (AvgIpc) is 2.55. The van der Waals surface area contributed by atoms with Crippen LogP contribution in [0.3, 0.4) is 0 Å². The van der Waals surface area contributed by atoms with Gasteiger partial charge >= 0.3 is 0 Å². The second kappa shape index (κ2) is 6.58. The molecule has 0 bridgehead atoms. The van der Waals surface area contributed by atoms with E-state index in [1.54, 1.807) is 0 Å². The molecular formula is C13H25NO2. The Kier molecular flexibility index (Phi) is 5.07. The monoisotopic (exact) mass is 227 g/mol. The molecular weight excluding hydrogens is 202 g/mol. The fraction of sp³-hybridized carbons (Fsp3) is 1.00. The lowest BCUT2D eigenvalue weighted by molar-refractivity contribution is 0.0381. The van der Waals surface area contributed by atoms with Crippen molar-refractivity contribution < 1.29 is 9.84 Å². The maximum atomic E-state index is 9.45. The van der Waals surface area contributed by atoms with Crippen molar-refractivity contribution in [2.24, 2.45) is 5.92 Å². The van der Waals surface area contributed by atoms with Crippen LogP contribution in [0.2, 0.25) is 0 Å². The number of likely N-dealkylation sites (tertiary alicyclic amines) is 1. The molecule has 2 fully saturated rings. The molecule has 0 amide bonds. The molecule has 2 aliphatic heterocycles. The minimum absolute atomic E-state index is 0.337. The number of aliphatic hydroxyl groups is 1. The van der Waals surface area contributed by atoms with Crippen molar-refractivity contribution in [1.82, 2.24) is 4.90 Å². The maximum Gasteiger partial charge on any atom is 0.0586 e. The highest BCUT2D eigenvalue weighted by Gasteiger charge is 2.24. The van der Waals surface area contributed by atoms with Crippen molar-refractivity contribution >= 4 is 0 Å². The Morgan fingerprint density at radius 2 is 1.88 bits per heavy atom. The van der Waals surface area contributed by atoms with Crippen LogP contribution in [0.1, 0.15) is 38.5 Å². The van der Waals surface area contributed by atoms with Crippen molar-refractivity contribution in [3.05, 3.63) is 0 Å². The zero-order valence-electron chi connectivity index (χ0n) is 10.2. The standard InChI is InChI=1S/C13H25NO2/c15-11-13-4-2-1-3-7-14(13)10-12-5-8-16-9-6-12/h12-13,15H,1-11H2. The number of hydrogen-bond acceptors (Lipinski definition) is 3. The Labute approximate surface area is 98.8 Å². The summed E-state index contributed by atoms with van der Waals surface area (Å²) in [6, 6.07) is 0.422. The number of aliphatic hydroxyl groups excluding tert-OH is 1. The van der Waals surface area contributed by atoms with Gasteiger partial charge < -0.3 is 9.84 Å². The molecule has 0 saturated carbocycles. The summed E-state index contributed by atoms with van der Waals surface area (Å²) >= 11 is 0. The van der Waals surface area contributed by atoms with Gasteiger partial charge in [-0.25, -0.2) is 0 Å². The molecule has 94 valence electrons. The van der Waals surface area contributed by atoms with Crippen molar-refractivity contribution in [3.8, 4) is 0 Å². The molecule has 2 aliphatic rings. The summed E-state index contributed by atoms with van der Waals surface area (Å²) < 4.78 is 5.40. The quantitative estimate of drug-likeness (QED) is 0.796. The van der Waals surface area contributed by atoms with Gasteiger partial charge in [-0.1, -0.05) is 12.8 Å². The molecule has 2 heterocycles. The van der Waals surface area contributed by atoms with Gasteiger partial charge in [-0.05, 0) is 38.1 Å². The molecule has 0 radical (unpaired) electrons. The molecule has 3 nitrogen and oxygen atoms in total. The first-order valence-corrected chi connectivity index (χ1v) is 6.83. The summed E-state index contributed by atoms with van der Waals surface area (Å²) in [5.41, 5.74) is 0. The first-order chi connectivity index (χ1) is 7.90. The molecule has 1 atom stereocenters. The molecule has 2 saturated heterocycles. The Balaban J connectivity index is 1.83. The molecule has 0 aromatic carbocycles. The molecule has 1 N–H and O–H groups in total. The van der Waals surface area contributed by atoms with E-state index < -0.39 is 0 Å². The van der Waals surface area contributed by atoms with E-state index >= 15 is 0 Å². The summed E-state index contributed by atoms with van der Waals surface area (Å²) in [5.74, 6) is 0.792. The topological polar surface area (TPSA) is 32.7 Å². The highest BCUT2D eigenvalue weighted by atomic mass is 16.5. The summed E-state index contributed by atoms with van der Waals surface area (Å²) in [6.45, 7) is 4.56. The van der Waals surface area contributed by atoms with Crippen molar-refractivity contribution in [3.63, 3.8) is 0 Å². The van der Waals surface area contributed by atoms with Crippen LogP contribution in [-0.2, 0) is 4.74 Å². The third kappa shape index (κ3) is 3.44. The molecule has 16 heavy (non-hydrogen) atoms. The van der Waals surface area contributed by atoms with Gasteiger partial charge in [0.25, 0.3) is 0 Å². The van der Waals surface area contributed by atoms with Gasteiger partial charge in [0.1, 0.15) is 0 Å². The van der Waals surface area contributed by atoms with Crippen LogP contribution >= 0.6 is 0 Å². The maximum absolute atomic E-state index is 9.45. The lowest BCUT2D eigenvalue weighted by Gasteiger charge is -2.33. The lowest BCUT2D eigenvalue weighted by atomic mass is 9.98. The highest BCUT2D eigenvalue weighted by Crippen LogP contribution is 2.22. The first kappa shape index (κ1) is 12.3. The van der Waals surface area contributed by atoms with Crippen LogP contribution in [0.4, 0.5) is 0 Å². The predicted octanol–water partition coefficient (Wildman–Crippen LogP) is 1.65. The van der Waals surface area contributed by atoms with Crippen LogP contribution < -0.4 is 0 Å². The second-order valence-corrected chi connectivity index (χ2v) is 5.24. The van der Waals surface area contributed by atoms with Crippen LogP contribution in [0.25, 0.3) is 0 Å². The summed E-state index contributed by atoms with van der Waals surface area (Å²) in [6.07, 6.45) is 7.51. The molecule has 0 aromatic heterocycles. The van der Waals surface area contributed by atoms with Gasteiger partial charge in [0.15, 0.2) is 0 Å². The Morgan fingerprint density at radius 3 is 2.62 bits per heavy atom. The van der Waals surface area contributed by atoms with Crippen LogP contribution in [0.5, 0.6) is 0 Å². The molecule has 0 aliphatic carbocycles. The van der Waals surface area contributed by atoms with Crippen LogP contribution in [-0.4, -0.2) is 49.0 Å². The van der Waals surface area contributed by atoms with Crippen molar-refractivity contribution in [1.29, 1.82) is 0 Å². The van der Waals surface area contributed by atoms with Gasteiger partial charge in [0.2, 0.25) is 0 Å². The fourth-order valence-electron chi connectivity index (χ4n) is 2.94. The third-order valence-corrected chi connectivity index (χ3v) is 4.04. The van der Waals surface area contributed by atoms with E-state index in [1.807, 2.05) is 0 Å². The zero-order chi connectivity index (χ0) is 11.2. The average molecular weight is 227 g/mol. The molecule has 2 rings (SSSR count). The number of ether oxygens (including phenoxy) is 1. The van der Waals surface area contributed by atoms with Gasteiger partial charge in [-0.3, -0.25) is 4.90 Å². The predicted molar refractivity (Wildman–Crippen MR) is 64.5 cm³/mol. The van der Waals surface area contributed by atoms with E-state index in [1.165, 1.54) is 51.6 Å². The van der Waals surface area contributed by atoms with E-state index in [0.29, 0.717) is 12.6 Å². The van der Waals surface area contributed by atoms with Crippen molar-refractivity contribution in [2.45, 2.75) is 44.6 Å². The normalized spacial score (nSPS) is 30.2. The Hall–Kier alpha value is -0.120. The molecule has 3 heteroatoms. The van der Waals surface area contributed by atoms with E-state index in [2.05, 4.69) is 4.90 Å². The smallest absolute Gasteiger partial charge is 0.0586 e. The number of nitrogens with zero attached hydrogens (tertiary/aromatic N) is 1. The highest BCUT2D eigenvalue weighted by molar-refractivity contribution is 4.78. The number of rotatable bonds is 3. The van der Waals surface area contributed by atoms with Gasteiger partial charge in [-0.2, -0.15) is 0 Å². The Morgan fingerprint density at radius 1 is 1.06 bits per heavy atom. The minimum Gasteiger partial charge on any atom is -0.395 e. The minimum atomic E-state index is 0.337. The molecule has 0 spiro atoms. The van der Waals surface area contributed by atoms with Gasteiger partial charge in [0.05, 0.1) is 6.61 Å². The van der Waals surface area contributed by atoms with E-state index in [4.69, 9.17) is 4.74 Å². The van der Waals surface area contributed by atoms with E-state index in [9.17, 15) is 5.11 Å². The summed E-state index contributed by atoms with van der Waals surface area (Å²) in [7, 11) is 0. The summed E-state index contributed by atoms with van der Waals surface area (Å²) in [5, 5.41) is 9.45. The Bertz CT molecular complexity index is 192. The third-order valence-electron chi connectivity index (χ3n) is 4.04. The van der Waals surface area contributed by atoms with E-state index in [0.717, 1.165) is 19.1 Å². The molecule has 1 unspecified atom stereocenters. The van der Waals surface area contributed by atoms with Crippen LogP contribution in [0, 0.1) is 5.92 Å². The van der Waals surface area contributed by atoms with E-state index in [-0.39, 0.29) is 0 Å². The fourth-order valence-corrected chi connectivity index (χ4v) is 2.94.